The first-order chi connectivity index (χ1) is 11.6. The van der Waals surface area contributed by atoms with Crippen molar-refractivity contribution in [3.63, 3.8) is 0 Å². The highest BCUT2D eigenvalue weighted by Crippen LogP contribution is 2.30. The number of aromatic nitrogens is 1. The number of H-pyrrole nitrogens is 1. The zero-order valence-corrected chi connectivity index (χ0v) is 13.7. The number of halogens is 1. The summed E-state index contributed by atoms with van der Waals surface area (Å²) in [4.78, 5) is 3.04. The van der Waals surface area contributed by atoms with E-state index in [0.717, 1.165) is 28.1 Å². The molecule has 0 bridgehead atoms. The largest absolute Gasteiger partial charge is 0.497 e. The molecule has 0 aliphatic carbocycles. The molecule has 3 rings (SSSR count). The highest BCUT2D eigenvalue weighted by Gasteiger charge is 2.11. The molecule has 24 heavy (non-hydrogen) atoms. The Morgan fingerprint density at radius 1 is 1.04 bits per heavy atom. The van der Waals surface area contributed by atoms with Gasteiger partial charge in [-0.15, -0.1) is 0 Å². The average molecular weight is 336 g/mol. The van der Waals surface area contributed by atoms with Crippen molar-refractivity contribution in [2.24, 2.45) is 0 Å². The fourth-order valence-corrected chi connectivity index (χ4v) is 2.72. The van der Waals surface area contributed by atoms with E-state index in [1.54, 1.807) is 19.2 Å². The summed E-state index contributed by atoms with van der Waals surface area (Å²) >= 11 is 5.32. The van der Waals surface area contributed by atoms with Gasteiger partial charge in [-0.25, -0.2) is 4.39 Å². The van der Waals surface area contributed by atoms with Gasteiger partial charge in [0.1, 0.15) is 22.3 Å². The van der Waals surface area contributed by atoms with Gasteiger partial charge in [0.05, 0.1) is 12.7 Å². The highest BCUT2D eigenvalue weighted by atomic mass is 32.1. The molecule has 1 aromatic heterocycles. The van der Waals surface area contributed by atoms with Crippen LogP contribution in [0, 0.1) is 21.8 Å². The van der Waals surface area contributed by atoms with Gasteiger partial charge in [-0.2, -0.15) is 5.26 Å². The second-order valence-electron chi connectivity index (χ2n) is 5.15. The fourth-order valence-electron chi connectivity index (χ4n) is 2.45. The Morgan fingerprint density at radius 3 is 2.25 bits per heavy atom. The number of nitrogens with one attached hydrogen (secondary N) is 1. The number of hydrogen-bond donors (Lipinski definition) is 1. The van der Waals surface area contributed by atoms with Crippen LogP contribution in [0.4, 0.5) is 4.39 Å². The molecule has 0 atom stereocenters. The molecule has 3 aromatic rings. The minimum Gasteiger partial charge on any atom is -0.497 e. The van der Waals surface area contributed by atoms with Crippen molar-refractivity contribution in [2.75, 3.05) is 7.11 Å². The van der Waals surface area contributed by atoms with Crippen molar-refractivity contribution >= 4 is 12.2 Å². The lowest BCUT2D eigenvalue weighted by Gasteiger charge is -2.10. The van der Waals surface area contributed by atoms with E-state index >= 15 is 0 Å². The smallest absolute Gasteiger partial charge is 0.123 e. The molecular formula is C19H13FN2OS. The zero-order chi connectivity index (χ0) is 17.1. The van der Waals surface area contributed by atoms with Crippen molar-refractivity contribution in [1.29, 1.82) is 5.26 Å². The van der Waals surface area contributed by atoms with Crippen LogP contribution >= 0.6 is 12.2 Å². The van der Waals surface area contributed by atoms with Crippen molar-refractivity contribution in [3.8, 4) is 34.2 Å². The van der Waals surface area contributed by atoms with Gasteiger partial charge in [-0.3, -0.25) is 0 Å². The quantitative estimate of drug-likeness (QED) is 0.677. The summed E-state index contributed by atoms with van der Waals surface area (Å²) < 4.78 is 18.6. The van der Waals surface area contributed by atoms with Gasteiger partial charge < -0.3 is 9.72 Å². The van der Waals surface area contributed by atoms with Gasteiger partial charge in [0, 0.05) is 11.3 Å². The van der Waals surface area contributed by atoms with E-state index in [2.05, 4.69) is 11.1 Å². The van der Waals surface area contributed by atoms with Crippen LogP contribution in [0.25, 0.3) is 22.4 Å². The van der Waals surface area contributed by atoms with Crippen molar-refractivity contribution in [3.05, 3.63) is 70.6 Å². The molecule has 5 heteroatoms. The van der Waals surface area contributed by atoms with Crippen LogP contribution in [0.3, 0.4) is 0 Å². The molecule has 0 saturated heterocycles. The average Bonchev–Trinajstić information content (AvgIpc) is 2.61. The molecule has 0 saturated carbocycles. The Morgan fingerprint density at radius 2 is 1.67 bits per heavy atom. The van der Waals surface area contributed by atoms with Gasteiger partial charge >= 0.3 is 0 Å². The zero-order valence-electron chi connectivity index (χ0n) is 12.8. The van der Waals surface area contributed by atoms with Crippen molar-refractivity contribution in [2.45, 2.75) is 0 Å². The van der Waals surface area contributed by atoms with E-state index in [1.165, 1.54) is 12.1 Å². The number of methoxy groups -OCH3 is 1. The molecule has 1 heterocycles. The Kier molecular flexibility index (Phi) is 4.41. The Labute approximate surface area is 144 Å². The molecule has 0 unspecified atom stereocenters. The van der Waals surface area contributed by atoms with E-state index in [0.29, 0.717) is 10.2 Å². The third kappa shape index (κ3) is 3.05. The van der Waals surface area contributed by atoms with Crippen LogP contribution in [-0.4, -0.2) is 12.1 Å². The van der Waals surface area contributed by atoms with Crippen LogP contribution in [0.5, 0.6) is 5.75 Å². The molecule has 118 valence electrons. The molecule has 0 amide bonds. The summed E-state index contributed by atoms with van der Waals surface area (Å²) in [5.74, 6) is 0.429. The standard InChI is InChI=1S/C19H13FN2OS/c1-23-15-8-4-12(5-9-15)16-10-18(22-19(24)17(16)11-21)13-2-6-14(20)7-3-13/h2-10H,1H3,(H,22,24). The summed E-state index contributed by atoms with van der Waals surface area (Å²) in [6, 6.07) is 17.5. The van der Waals surface area contributed by atoms with Crippen LogP contribution in [-0.2, 0) is 0 Å². The number of nitrogens with zero attached hydrogens (tertiary/aromatic N) is 1. The van der Waals surface area contributed by atoms with E-state index in [4.69, 9.17) is 17.0 Å². The predicted molar refractivity (Wildman–Crippen MR) is 93.7 cm³/mol. The lowest BCUT2D eigenvalue weighted by molar-refractivity contribution is 0.415. The van der Waals surface area contributed by atoms with E-state index < -0.39 is 0 Å². The maximum Gasteiger partial charge on any atom is 0.123 e. The Bertz CT molecular complexity index is 970. The number of benzene rings is 2. The summed E-state index contributed by atoms with van der Waals surface area (Å²) in [6.45, 7) is 0. The normalized spacial score (nSPS) is 10.2. The van der Waals surface area contributed by atoms with Gasteiger partial charge in [-0.05, 0) is 53.6 Å². The van der Waals surface area contributed by atoms with Gasteiger partial charge in [0.15, 0.2) is 0 Å². The molecular weight excluding hydrogens is 323 g/mol. The third-order valence-corrected chi connectivity index (χ3v) is 4.01. The highest BCUT2D eigenvalue weighted by molar-refractivity contribution is 7.71. The molecule has 0 aliphatic heterocycles. The summed E-state index contributed by atoms with van der Waals surface area (Å²) in [7, 11) is 1.60. The molecule has 0 aliphatic rings. The number of ether oxygens (including phenoxy) is 1. The number of pyridine rings is 1. The Balaban J connectivity index is 2.18. The van der Waals surface area contributed by atoms with E-state index in [1.807, 2.05) is 30.3 Å². The molecule has 0 radical (unpaired) electrons. The first kappa shape index (κ1) is 15.9. The number of nitriles is 1. The lowest BCUT2D eigenvalue weighted by atomic mass is 9.99. The number of hydrogen-bond acceptors (Lipinski definition) is 3. The van der Waals surface area contributed by atoms with E-state index in [9.17, 15) is 9.65 Å². The fraction of sp³-hybridized carbons (Fsp3) is 0.0526. The van der Waals surface area contributed by atoms with Crippen LogP contribution in [0.2, 0.25) is 0 Å². The number of aromatic amines is 1. The van der Waals surface area contributed by atoms with Crippen LogP contribution in [0.1, 0.15) is 5.56 Å². The first-order valence-corrected chi connectivity index (χ1v) is 7.61. The minimum atomic E-state index is -0.304. The molecule has 3 nitrogen and oxygen atoms in total. The SMILES string of the molecule is COc1ccc(-c2cc(-c3ccc(F)cc3)[nH]c(=S)c2C#N)cc1. The number of rotatable bonds is 3. The van der Waals surface area contributed by atoms with Crippen molar-refractivity contribution < 1.29 is 9.13 Å². The third-order valence-electron chi connectivity index (χ3n) is 3.70. The molecule has 0 spiro atoms. The maximum atomic E-state index is 13.1. The van der Waals surface area contributed by atoms with Crippen LogP contribution < -0.4 is 4.74 Å². The second-order valence-corrected chi connectivity index (χ2v) is 5.56. The van der Waals surface area contributed by atoms with Gasteiger partial charge in [-0.1, -0.05) is 24.4 Å². The first-order valence-electron chi connectivity index (χ1n) is 7.20. The Hall–Kier alpha value is -2.97. The van der Waals surface area contributed by atoms with Crippen LogP contribution in [0.15, 0.2) is 54.6 Å². The molecule has 1 N–H and O–H groups in total. The van der Waals surface area contributed by atoms with E-state index in [-0.39, 0.29) is 5.82 Å². The minimum absolute atomic E-state index is 0.304. The van der Waals surface area contributed by atoms with Crippen molar-refractivity contribution in [1.82, 2.24) is 4.98 Å². The predicted octanol–water partition coefficient (Wildman–Crippen LogP) is 5.10. The summed E-state index contributed by atoms with van der Waals surface area (Å²) in [5, 5.41) is 9.45. The molecule has 2 aromatic carbocycles. The monoisotopic (exact) mass is 336 g/mol. The second kappa shape index (κ2) is 6.65. The van der Waals surface area contributed by atoms with Gasteiger partial charge in [0.2, 0.25) is 0 Å². The topological polar surface area (TPSA) is 48.8 Å². The summed E-state index contributed by atoms with van der Waals surface area (Å²) in [5.41, 5.74) is 3.51. The molecule has 0 fully saturated rings. The maximum absolute atomic E-state index is 13.1. The lowest BCUT2D eigenvalue weighted by Crippen LogP contribution is -1.93. The van der Waals surface area contributed by atoms with Gasteiger partial charge in [0.25, 0.3) is 0 Å². The summed E-state index contributed by atoms with van der Waals surface area (Å²) in [6.07, 6.45) is 0.